The number of hydrogen-bond acceptors (Lipinski definition) is 4. The quantitative estimate of drug-likeness (QED) is 0.832. The van der Waals surface area contributed by atoms with Gasteiger partial charge in [-0.05, 0) is 36.3 Å². The molecule has 0 bridgehead atoms. The highest BCUT2D eigenvalue weighted by Crippen LogP contribution is 2.21. The van der Waals surface area contributed by atoms with E-state index in [1.807, 2.05) is 24.3 Å². The van der Waals surface area contributed by atoms with Crippen molar-refractivity contribution in [3.8, 4) is 11.1 Å². The summed E-state index contributed by atoms with van der Waals surface area (Å²) in [6.45, 7) is 0.522. The Kier molecular flexibility index (Phi) is 5.69. The molecule has 0 aliphatic rings. The van der Waals surface area contributed by atoms with Crippen LogP contribution in [-0.2, 0) is 22.7 Å². The van der Waals surface area contributed by atoms with Crippen LogP contribution < -0.4 is 0 Å². The van der Waals surface area contributed by atoms with E-state index in [-0.39, 0.29) is 6.61 Å². The molecule has 0 aliphatic heterocycles. The molecule has 0 unspecified atom stereocenters. The zero-order chi connectivity index (χ0) is 15.9. The molecule has 0 radical (unpaired) electrons. The van der Waals surface area contributed by atoms with E-state index in [0.717, 1.165) is 23.2 Å². The van der Waals surface area contributed by atoms with Crippen molar-refractivity contribution < 1.29 is 14.6 Å². The number of carbonyl (C=O) groups is 1. The summed E-state index contributed by atoms with van der Waals surface area (Å²) in [6, 6.07) is 16.3. The van der Waals surface area contributed by atoms with Crippen LogP contribution in [0.3, 0.4) is 0 Å². The van der Waals surface area contributed by atoms with Crippen molar-refractivity contribution in [3.05, 3.63) is 59.7 Å². The van der Waals surface area contributed by atoms with E-state index in [0.29, 0.717) is 0 Å². The van der Waals surface area contributed by atoms with Gasteiger partial charge in [-0.15, -0.1) is 0 Å². The second-order valence-corrected chi connectivity index (χ2v) is 5.45. The Bertz CT molecular complexity index is 603. The predicted octanol–water partition coefficient (Wildman–Crippen LogP) is 2.45. The Labute approximate surface area is 131 Å². The molecular weight excluding hydrogens is 278 g/mol. The minimum atomic E-state index is -0.611. The third kappa shape index (κ3) is 4.69. The highest BCUT2D eigenvalue weighted by Gasteiger charge is 2.02. The van der Waals surface area contributed by atoms with E-state index in [4.69, 9.17) is 9.84 Å². The van der Waals surface area contributed by atoms with Gasteiger partial charge in [0.2, 0.25) is 0 Å². The van der Waals surface area contributed by atoms with Gasteiger partial charge in [-0.3, -0.25) is 0 Å². The summed E-state index contributed by atoms with van der Waals surface area (Å²) in [5, 5.41) is 8.60. The van der Waals surface area contributed by atoms with Crippen molar-refractivity contribution in [1.29, 1.82) is 0 Å². The van der Waals surface area contributed by atoms with Gasteiger partial charge >= 0.3 is 5.97 Å². The van der Waals surface area contributed by atoms with E-state index in [2.05, 4.69) is 43.3 Å². The van der Waals surface area contributed by atoms with E-state index >= 15 is 0 Å². The van der Waals surface area contributed by atoms with Gasteiger partial charge in [0, 0.05) is 6.54 Å². The van der Waals surface area contributed by atoms with Crippen molar-refractivity contribution >= 4 is 5.97 Å². The number of rotatable bonds is 6. The maximum Gasteiger partial charge on any atom is 0.332 e. The number of aliphatic hydroxyl groups excluding tert-OH is 1. The molecule has 2 aromatic rings. The summed E-state index contributed by atoms with van der Waals surface area (Å²) in [7, 11) is 4.10. The number of nitrogens with zero attached hydrogens (tertiary/aromatic N) is 1. The molecule has 0 spiro atoms. The fraction of sp³-hybridized carbons (Fsp3) is 0.278. The third-order valence-electron chi connectivity index (χ3n) is 3.27. The van der Waals surface area contributed by atoms with E-state index < -0.39 is 12.6 Å². The number of aliphatic hydroxyl groups is 1. The lowest BCUT2D eigenvalue weighted by Crippen LogP contribution is -2.10. The molecule has 2 aromatic carbocycles. The number of esters is 1. The van der Waals surface area contributed by atoms with Gasteiger partial charge in [-0.25, -0.2) is 4.79 Å². The van der Waals surface area contributed by atoms with Crippen molar-refractivity contribution in [3.63, 3.8) is 0 Å². The van der Waals surface area contributed by atoms with Crippen LogP contribution in [0.15, 0.2) is 48.5 Å². The van der Waals surface area contributed by atoms with Crippen LogP contribution in [-0.4, -0.2) is 36.7 Å². The first-order valence-electron chi connectivity index (χ1n) is 7.18. The Morgan fingerprint density at radius 3 is 1.91 bits per heavy atom. The molecule has 0 aromatic heterocycles. The minimum absolute atomic E-state index is 0.182. The summed E-state index contributed by atoms with van der Waals surface area (Å²) in [6.07, 6.45) is 0. The van der Waals surface area contributed by atoms with Crippen LogP contribution in [0.4, 0.5) is 0 Å². The summed E-state index contributed by atoms with van der Waals surface area (Å²) < 4.78 is 4.88. The van der Waals surface area contributed by atoms with Crippen molar-refractivity contribution in [1.82, 2.24) is 4.90 Å². The SMILES string of the molecule is CN(C)Cc1ccc(-c2ccc(COC(=O)CO)cc2)cc1. The van der Waals surface area contributed by atoms with Crippen LogP contribution >= 0.6 is 0 Å². The largest absolute Gasteiger partial charge is 0.459 e. The lowest BCUT2D eigenvalue weighted by molar-refractivity contribution is -0.148. The van der Waals surface area contributed by atoms with E-state index in [9.17, 15) is 4.79 Å². The molecule has 0 fully saturated rings. The summed E-state index contributed by atoms with van der Waals surface area (Å²) in [5.74, 6) is -0.611. The molecule has 22 heavy (non-hydrogen) atoms. The zero-order valence-electron chi connectivity index (χ0n) is 13.0. The first-order chi connectivity index (χ1) is 10.6. The van der Waals surface area contributed by atoms with Crippen LogP contribution in [0.2, 0.25) is 0 Å². The van der Waals surface area contributed by atoms with E-state index in [1.165, 1.54) is 5.56 Å². The lowest BCUT2D eigenvalue weighted by atomic mass is 10.0. The van der Waals surface area contributed by atoms with Crippen molar-refractivity contribution in [2.45, 2.75) is 13.2 Å². The molecule has 0 heterocycles. The maximum atomic E-state index is 10.9. The van der Waals surface area contributed by atoms with Crippen LogP contribution in [0, 0.1) is 0 Å². The molecule has 0 atom stereocenters. The second-order valence-electron chi connectivity index (χ2n) is 5.45. The second kappa shape index (κ2) is 7.73. The number of hydrogen-bond donors (Lipinski definition) is 1. The van der Waals surface area contributed by atoms with Crippen LogP contribution in [0.1, 0.15) is 11.1 Å². The number of benzene rings is 2. The molecular formula is C18H21NO3. The third-order valence-corrected chi connectivity index (χ3v) is 3.27. The Balaban J connectivity index is 2.02. The van der Waals surface area contributed by atoms with Crippen LogP contribution in [0.25, 0.3) is 11.1 Å². The van der Waals surface area contributed by atoms with Crippen molar-refractivity contribution in [2.75, 3.05) is 20.7 Å². The Hall–Kier alpha value is -2.17. The smallest absolute Gasteiger partial charge is 0.332 e. The Morgan fingerprint density at radius 2 is 1.45 bits per heavy atom. The number of carbonyl (C=O) groups excluding carboxylic acids is 1. The molecule has 2 rings (SSSR count). The van der Waals surface area contributed by atoms with Crippen LogP contribution in [0.5, 0.6) is 0 Å². The maximum absolute atomic E-state index is 10.9. The topological polar surface area (TPSA) is 49.8 Å². The van der Waals surface area contributed by atoms with Gasteiger partial charge in [-0.2, -0.15) is 0 Å². The standard InChI is InChI=1S/C18H21NO3/c1-19(2)11-14-3-7-16(8-4-14)17-9-5-15(6-10-17)13-22-18(21)12-20/h3-10,20H,11-13H2,1-2H3. The van der Waals surface area contributed by atoms with Gasteiger partial charge in [0.25, 0.3) is 0 Å². The summed E-state index contributed by atoms with van der Waals surface area (Å²) >= 11 is 0. The monoisotopic (exact) mass is 299 g/mol. The first kappa shape index (κ1) is 16.2. The van der Waals surface area contributed by atoms with Gasteiger partial charge in [0.05, 0.1) is 0 Å². The van der Waals surface area contributed by atoms with E-state index in [1.54, 1.807) is 0 Å². The van der Waals surface area contributed by atoms with Crippen molar-refractivity contribution in [2.24, 2.45) is 0 Å². The van der Waals surface area contributed by atoms with Gasteiger partial charge in [0.15, 0.2) is 0 Å². The predicted molar refractivity (Wildman–Crippen MR) is 86.2 cm³/mol. The average molecular weight is 299 g/mol. The first-order valence-corrected chi connectivity index (χ1v) is 7.18. The van der Waals surface area contributed by atoms with Gasteiger partial charge in [-0.1, -0.05) is 48.5 Å². The Morgan fingerprint density at radius 1 is 0.955 bits per heavy atom. The molecule has 1 N–H and O–H groups in total. The van der Waals surface area contributed by atoms with Gasteiger partial charge in [0.1, 0.15) is 13.2 Å². The highest BCUT2D eigenvalue weighted by molar-refractivity contribution is 5.70. The molecule has 0 saturated carbocycles. The molecule has 0 aliphatic carbocycles. The fourth-order valence-electron chi connectivity index (χ4n) is 2.17. The normalized spacial score (nSPS) is 10.7. The fourth-order valence-corrected chi connectivity index (χ4v) is 2.17. The number of ether oxygens (including phenoxy) is 1. The molecule has 4 heteroatoms. The lowest BCUT2D eigenvalue weighted by Gasteiger charge is -2.10. The minimum Gasteiger partial charge on any atom is -0.459 e. The molecule has 0 saturated heterocycles. The summed E-state index contributed by atoms with van der Waals surface area (Å²) in [5.41, 5.74) is 4.45. The molecule has 0 amide bonds. The highest BCUT2D eigenvalue weighted by atomic mass is 16.5. The molecule has 4 nitrogen and oxygen atoms in total. The zero-order valence-corrected chi connectivity index (χ0v) is 13.0. The summed E-state index contributed by atoms with van der Waals surface area (Å²) in [4.78, 5) is 13.0. The average Bonchev–Trinajstić information content (AvgIpc) is 2.53. The molecule has 116 valence electrons. The van der Waals surface area contributed by atoms with Gasteiger partial charge < -0.3 is 14.7 Å².